The number of allylic oxidation sites excluding steroid dienone is 24. The second-order valence-corrected chi connectivity index (χ2v) is 32.9. The van der Waals surface area contributed by atoms with Gasteiger partial charge < -0.3 is 34.2 Å². The molecule has 5 unspecified atom stereocenters. The molecule has 0 aliphatic carbocycles. The molecule has 0 amide bonds. The lowest BCUT2D eigenvalue weighted by Crippen LogP contribution is -2.30. The number of rotatable bonds is 85. The van der Waals surface area contributed by atoms with E-state index in [9.17, 15) is 43.5 Å². The Morgan fingerprint density at radius 1 is 0.257 bits per heavy atom. The van der Waals surface area contributed by atoms with E-state index in [1.165, 1.54) is 167 Å². The third-order valence-corrected chi connectivity index (χ3v) is 20.9. The van der Waals surface area contributed by atoms with Crippen LogP contribution < -0.4 is 0 Å². The highest BCUT2D eigenvalue weighted by Gasteiger charge is 2.29. The number of esters is 3. The molecule has 113 heavy (non-hydrogen) atoms. The van der Waals surface area contributed by atoms with Crippen LogP contribution in [0.2, 0.25) is 0 Å². The Bertz CT molecular complexity index is 2630. The average Bonchev–Trinajstić information content (AvgIpc) is 0.902. The number of carbonyl (C=O) groups excluding carboxylic acids is 3. The zero-order valence-corrected chi connectivity index (χ0v) is 73.3. The molecule has 0 saturated carbocycles. The van der Waals surface area contributed by atoms with Crippen molar-refractivity contribution in [2.75, 3.05) is 39.6 Å². The molecular formula is C95H164O16P2. The summed E-state index contributed by atoms with van der Waals surface area (Å²) in [4.78, 5) is 58.9. The highest BCUT2D eigenvalue weighted by atomic mass is 31.2. The predicted molar refractivity (Wildman–Crippen MR) is 473 cm³/mol. The van der Waals surface area contributed by atoms with Crippen LogP contribution in [0.1, 0.15) is 380 Å². The van der Waals surface area contributed by atoms with E-state index in [-0.39, 0.29) is 19.3 Å². The smallest absolute Gasteiger partial charge is 0.463 e. The largest absolute Gasteiger partial charge is 0.472 e. The Morgan fingerprint density at radius 2 is 0.469 bits per heavy atom. The van der Waals surface area contributed by atoms with Crippen molar-refractivity contribution in [2.24, 2.45) is 0 Å². The van der Waals surface area contributed by atoms with Gasteiger partial charge in [0.2, 0.25) is 0 Å². The lowest BCUT2D eigenvalue weighted by Gasteiger charge is -2.21. The van der Waals surface area contributed by atoms with E-state index in [0.29, 0.717) is 19.3 Å². The SMILES string of the molecule is CC/C=C\C/C=C\C/C=C\C/C=C\CCCCCCCCC(=O)OC(COC(=O)CCCCCCCCCCC/C=C\C/C=C\C/C=C\C/C=C\CCCCC)COP(=O)(O)OCC(O)COP(=O)(O)OCC(O)COC(=O)CCCCCCCCCCCCCCCCCCC/C=C\C/C=C\C/C=C\C/C=C\CCCCC. The van der Waals surface area contributed by atoms with Crippen molar-refractivity contribution in [3.8, 4) is 0 Å². The van der Waals surface area contributed by atoms with E-state index in [4.69, 9.17) is 32.3 Å². The first-order valence-electron chi connectivity index (χ1n) is 45.1. The number of phosphoric ester groups is 2. The molecule has 0 fully saturated rings. The first kappa shape index (κ1) is 108. The van der Waals surface area contributed by atoms with Crippen LogP contribution in [-0.4, -0.2) is 95.9 Å². The maximum Gasteiger partial charge on any atom is 0.472 e. The van der Waals surface area contributed by atoms with Gasteiger partial charge in [0.25, 0.3) is 0 Å². The molecule has 0 spiro atoms. The van der Waals surface area contributed by atoms with Crippen molar-refractivity contribution in [2.45, 2.75) is 399 Å². The minimum Gasteiger partial charge on any atom is -0.463 e. The molecule has 0 saturated heterocycles. The van der Waals surface area contributed by atoms with E-state index >= 15 is 0 Å². The van der Waals surface area contributed by atoms with E-state index in [0.717, 1.165) is 154 Å². The number of hydrogen-bond donors (Lipinski definition) is 4. The molecule has 16 nitrogen and oxygen atoms in total. The third-order valence-electron chi connectivity index (χ3n) is 19.0. The fourth-order valence-electron chi connectivity index (χ4n) is 12.2. The quantitative estimate of drug-likeness (QED) is 0.0146. The highest BCUT2D eigenvalue weighted by Crippen LogP contribution is 2.45. The lowest BCUT2D eigenvalue weighted by molar-refractivity contribution is -0.161. The van der Waals surface area contributed by atoms with Gasteiger partial charge >= 0.3 is 33.6 Å². The molecule has 18 heteroatoms. The van der Waals surface area contributed by atoms with Crippen LogP contribution in [-0.2, 0) is 55.8 Å². The summed E-state index contributed by atoms with van der Waals surface area (Å²) in [6.45, 7) is 2.53. The second-order valence-electron chi connectivity index (χ2n) is 30.0. The molecule has 0 rings (SSSR count). The molecule has 650 valence electrons. The van der Waals surface area contributed by atoms with Gasteiger partial charge in [-0.3, -0.25) is 32.5 Å². The average molecular weight is 1620 g/mol. The molecule has 0 heterocycles. The zero-order chi connectivity index (χ0) is 82.2. The van der Waals surface area contributed by atoms with E-state index in [1.807, 2.05) is 0 Å². The van der Waals surface area contributed by atoms with E-state index in [2.05, 4.69) is 167 Å². The third kappa shape index (κ3) is 88.1. The summed E-state index contributed by atoms with van der Waals surface area (Å²) >= 11 is 0. The molecule has 0 bridgehead atoms. The number of unbranched alkanes of at least 4 members (excludes halogenated alkanes) is 38. The summed E-state index contributed by atoms with van der Waals surface area (Å²) in [7, 11) is -9.81. The van der Waals surface area contributed by atoms with Crippen molar-refractivity contribution in [1.29, 1.82) is 0 Å². The van der Waals surface area contributed by atoms with Crippen molar-refractivity contribution < 1.29 is 75.8 Å². The van der Waals surface area contributed by atoms with Gasteiger partial charge in [-0.25, -0.2) is 9.13 Å². The number of hydrogen-bond acceptors (Lipinski definition) is 14. The minimum absolute atomic E-state index is 0.0839. The Kier molecular flexibility index (Phi) is 83.3. The second kappa shape index (κ2) is 86.8. The monoisotopic (exact) mass is 1620 g/mol. The molecule has 5 atom stereocenters. The summed E-state index contributed by atoms with van der Waals surface area (Å²) in [5.41, 5.74) is 0. The highest BCUT2D eigenvalue weighted by molar-refractivity contribution is 7.47. The molecule has 0 radical (unpaired) electrons. The van der Waals surface area contributed by atoms with Gasteiger partial charge in [0, 0.05) is 19.3 Å². The molecule has 0 aromatic rings. The number of carbonyl (C=O) groups is 3. The van der Waals surface area contributed by atoms with E-state index < -0.39 is 91.5 Å². The van der Waals surface area contributed by atoms with Gasteiger partial charge in [0.05, 0.1) is 26.4 Å². The number of ether oxygens (including phenoxy) is 3. The molecule has 0 aliphatic heterocycles. The van der Waals surface area contributed by atoms with Crippen LogP contribution in [0, 0.1) is 0 Å². The fourth-order valence-corrected chi connectivity index (χ4v) is 13.8. The molecular weight excluding hydrogens is 1460 g/mol. The predicted octanol–water partition coefficient (Wildman–Crippen LogP) is 27.6. The molecule has 0 aliphatic rings. The summed E-state index contributed by atoms with van der Waals surface area (Å²) in [6.07, 6.45) is 109. The van der Waals surface area contributed by atoms with Crippen LogP contribution in [0.15, 0.2) is 146 Å². The number of phosphoric acid groups is 2. The summed E-state index contributed by atoms with van der Waals surface area (Å²) in [6, 6.07) is 0. The Morgan fingerprint density at radius 3 is 0.743 bits per heavy atom. The van der Waals surface area contributed by atoms with E-state index in [1.54, 1.807) is 0 Å². The Labute approximate surface area is 689 Å². The first-order chi connectivity index (χ1) is 55.2. The van der Waals surface area contributed by atoms with Gasteiger partial charge in [-0.15, -0.1) is 0 Å². The zero-order valence-electron chi connectivity index (χ0n) is 71.5. The normalized spacial score (nSPS) is 14.5. The maximum atomic E-state index is 13.0. The number of aliphatic hydroxyl groups excluding tert-OH is 2. The van der Waals surface area contributed by atoms with Crippen molar-refractivity contribution >= 4 is 33.6 Å². The van der Waals surface area contributed by atoms with Crippen molar-refractivity contribution in [1.82, 2.24) is 0 Å². The van der Waals surface area contributed by atoms with Gasteiger partial charge in [-0.05, 0) is 148 Å². The maximum absolute atomic E-state index is 13.0. The van der Waals surface area contributed by atoms with Crippen LogP contribution in [0.5, 0.6) is 0 Å². The van der Waals surface area contributed by atoms with Crippen molar-refractivity contribution in [3.63, 3.8) is 0 Å². The summed E-state index contributed by atoms with van der Waals surface area (Å²) < 4.78 is 61.4. The first-order valence-corrected chi connectivity index (χ1v) is 48.1. The Balaban J connectivity index is 4.54. The Hall–Kier alpha value is -4.57. The van der Waals surface area contributed by atoms with Crippen LogP contribution >= 0.6 is 15.6 Å². The lowest BCUT2D eigenvalue weighted by atomic mass is 10.0. The number of aliphatic hydroxyl groups is 2. The van der Waals surface area contributed by atoms with Crippen LogP contribution in [0.3, 0.4) is 0 Å². The molecule has 0 aromatic carbocycles. The summed E-state index contributed by atoms with van der Waals surface area (Å²) in [5, 5.41) is 20.7. The summed E-state index contributed by atoms with van der Waals surface area (Å²) in [5.74, 6) is -1.59. The van der Waals surface area contributed by atoms with Gasteiger partial charge in [0.15, 0.2) is 6.10 Å². The van der Waals surface area contributed by atoms with Crippen LogP contribution in [0.4, 0.5) is 0 Å². The minimum atomic E-state index is -4.95. The topological polar surface area (TPSA) is 231 Å². The van der Waals surface area contributed by atoms with Gasteiger partial charge in [-0.2, -0.15) is 0 Å². The molecule has 0 aromatic heterocycles. The standard InChI is InChI=1S/C95H164O16P2/c1-4-7-10-13-16-19-22-25-28-31-34-36-38-40-41-42-43-44-45-46-47-49-51-52-55-57-60-63-66-69-72-75-78-81-93(98)105-84-90(96)85-107-112(101,102)108-86-91(97)87-109-113(103,104)110-89-92(111-95(100)83-80-77-74-71-68-65-62-59-54-33-30-27-24-21-18-15-12-9-6-3)88-106-94(99)82-79-76-73-70-67-64-61-58-56-53-50-48-39-37-35-32-29-26-23-20-17-14-11-8-5-2/h9,12,16-21,25-30,34-37,40-41,48,50,54,59,90-92,96-97H,4-8,10-11,13-15,22-24,31-33,38-39,42-47,49,51-53,55-58,60-89H2,1-3H3,(H,101,102)(H,103,104)/b12-9-,19-16-,20-17-,21-18-,28-25-,29-26-,30-27-,36-34-,37-35-,41-40-,50-48-,59-54-. The van der Waals surface area contributed by atoms with Gasteiger partial charge in [-0.1, -0.05) is 359 Å². The molecule has 4 N–H and O–H groups in total. The van der Waals surface area contributed by atoms with Gasteiger partial charge in [0.1, 0.15) is 25.4 Å². The van der Waals surface area contributed by atoms with Crippen molar-refractivity contribution in [3.05, 3.63) is 146 Å². The fraction of sp³-hybridized carbons (Fsp3) is 0.716. The van der Waals surface area contributed by atoms with Crippen LogP contribution in [0.25, 0.3) is 0 Å².